The zero-order chi connectivity index (χ0) is 13.0. The molecule has 0 spiro atoms. The third-order valence-electron chi connectivity index (χ3n) is 2.62. The molecule has 0 aliphatic heterocycles. The summed E-state index contributed by atoms with van der Waals surface area (Å²) in [6.07, 6.45) is 2.64. The van der Waals surface area contributed by atoms with Crippen molar-refractivity contribution in [1.82, 2.24) is 10.6 Å². The lowest BCUT2D eigenvalue weighted by Crippen LogP contribution is -2.28. The molecule has 1 aliphatic carbocycles. The first-order valence-corrected chi connectivity index (χ1v) is 6.75. The molecule has 1 saturated carbocycles. The summed E-state index contributed by atoms with van der Waals surface area (Å²) in [4.78, 5) is 21.5. The van der Waals surface area contributed by atoms with Crippen molar-refractivity contribution < 1.29 is 9.72 Å². The number of nitro groups is 1. The summed E-state index contributed by atoms with van der Waals surface area (Å²) in [5, 5.41) is 18.4. The summed E-state index contributed by atoms with van der Waals surface area (Å²) in [6.45, 7) is 1.14. The van der Waals surface area contributed by atoms with Crippen LogP contribution < -0.4 is 10.6 Å². The number of nitrogens with zero attached hydrogens (tertiary/aromatic N) is 1. The third-order valence-corrected chi connectivity index (χ3v) is 3.55. The maximum atomic E-state index is 11.4. The highest BCUT2D eigenvalue weighted by atomic mass is 32.1. The molecule has 0 bridgehead atoms. The van der Waals surface area contributed by atoms with Gasteiger partial charge in [0.05, 0.1) is 4.92 Å². The summed E-state index contributed by atoms with van der Waals surface area (Å²) in [7, 11) is 0. The monoisotopic (exact) mass is 269 g/mol. The highest BCUT2D eigenvalue weighted by Crippen LogP contribution is 2.22. The van der Waals surface area contributed by atoms with Gasteiger partial charge in [0.15, 0.2) is 0 Å². The van der Waals surface area contributed by atoms with E-state index in [-0.39, 0.29) is 10.9 Å². The molecule has 1 aromatic rings. The molecule has 2 N–H and O–H groups in total. The fourth-order valence-electron chi connectivity index (χ4n) is 1.51. The van der Waals surface area contributed by atoms with E-state index < -0.39 is 4.92 Å². The zero-order valence-electron chi connectivity index (χ0n) is 9.85. The van der Waals surface area contributed by atoms with Crippen molar-refractivity contribution >= 4 is 22.2 Å². The van der Waals surface area contributed by atoms with Crippen LogP contribution in [0.5, 0.6) is 0 Å². The van der Waals surface area contributed by atoms with E-state index in [1.807, 2.05) is 0 Å². The van der Waals surface area contributed by atoms with Gasteiger partial charge in [-0.2, -0.15) is 0 Å². The highest BCUT2D eigenvalue weighted by Gasteiger charge is 2.22. The standard InChI is InChI=1S/C11H15N3O3S/c15-10(13-9-1-2-9)3-4-12-6-8-5-11(14(16)17)18-7-8/h5,7,9,12H,1-4,6H2,(H,13,15). The van der Waals surface area contributed by atoms with Crippen LogP contribution in [0, 0.1) is 10.1 Å². The van der Waals surface area contributed by atoms with Crippen molar-refractivity contribution in [3.63, 3.8) is 0 Å². The largest absolute Gasteiger partial charge is 0.353 e. The van der Waals surface area contributed by atoms with Crippen molar-refractivity contribution in [3.05, 3.63) is 27.1 Å². The minimum atomic E-state index is -0.392. The molecule has 0 atom stereocenters. The van der Waals surface area contributed by atoms with Crippen molar-refractivity contribution in [3.8, 4) is 0 Å². The van der Waals surface area contributed by atoms with Gasteiger partial charge in [-0.3, -0.25) is 14.9 Å². The lowest BCUT2D eigenvalue weighted by molar-refractivity contribution is -0.380. The Morgan fingerprint density at radius 1 is 1.56 bits per heavy atom. The Morgan fingerprint density at radius 2 is 2.33 bits per heavy atom. The number of hydrogen-bond donors (Lipinski definition) is 2. The van der Waals surface area contributed by atoms with E-state index in [4.69, 9.17) is 0 Å². The molecule has 18 heavy (non-hydrogen) atoms. The highest BCUT2D eigenvalue weighted by molar-refractivity contribution is 7.13. The lowest BCUT2D eigenvalue weighted by atomic mass is 10.3. The SMILES string of the molecule is O=C(CCNCc1csc([N+](=O)[O-])c1)NC1CC1. The van der Waals surface area contributed by atoms with Crippen LogP contribution in [-0.2, 0) is 11.3 Å². The van der Waals surface area contributed by atoms with Gasteiger partial charge in [-0.05, 0) is 18.4 Å². The molecule has 1 fully saturated rings. The second kappa shape index (κ2) is 5.92. The van der Waals surface area contributed by atoms with Crippen molar-refractivity contribution in [2.24, 2.45) is 0 Å². The zero-order valence-corrected chi connectivity index (χ0v) is 10.7. The molecule has 0 radical (unpaired) electrons. The first-order valence-electron chi connectivity index (χ1n) is 5.87. The fraction of sp³-hybridized carbons (Fsp3) is 0.545. The number of nitrogens with one attached hydrogen (secondary N) is 2. The van der Waals surface area contributed by atoms with E-state index in [0.29, 0.717) is 25.6 Å². The molecular weight excluding hydrogens is 254 g/mol. The van der Waals surface area contributed by atoms with Gasteiger partial charge in [-0.15, -0.1) is 0 Å². The van der Waals surface area contributed by atoms with Gasteiger partial charge in [-0.1, -0.05) is 11.3 Å². The van der Waals surface area contributed by atoms with Gasteiger partial charge in [0, 0.05) is 37.0 Å². The van der Waals surface area contributed by atoms with E-state index in [1.54, 1.807) is 11.4 Å². The number of thiophene rings is 1. The van der Waals surface area contributed by atoms with Crippen molar-refractivity contribution in [2.45, 2.75) is 31.8 Å². The van der Waals surface area contributed by atoms with E-state index in [2.05, 4.69) is 10.6 Å². The Balaban J connectivity index is 1.61. The molecule has 0 saturated heterocycles. The summed E-state index contributed by atoms with van der Waals surface area (Å²) in [5.74, 6) is 0.0706. The number of amides is 1. The summed E-state index contributed by atoms with van der Waals surface area (Å²) >= 11 is 1.12. The maximum absolute atomic E-state index is 11.4. The molecule has 6 nitrogen and oxygen atoms in total. The van der Waals surface area contributed by atoms with Crippen LogP contribution in [-0.4, -0.2) is 23.4 Å². The van der Waals surface area contributed by atoms with Gasteiger partial charge in [0.2, 0.25) is 5.91 Å². The van der Waals surface area contributed by atoms with Crippen LogP contribution in [0.3, 0.4) is 0 Å². The summed E-state index contributed by atoms with van der Waals surface area (Å²) < 4.78 is 0. The van der Waals surface area contributed by atoms with Gasteiger partial charge in [0.25, 0.3) is 0 Å². The number of carbonyl (C=O) groups is 1. The molecule has 1 aromatic heterocycles. The number of carbonyl (C=O) groups excluding carboxylic acids is 1. The van der Waals surface area contributed by atoms with Crippen LogP contribution >= 0.6 is 11.3 Å². The van der Waals surface area contributed by atoms with Crippen molar-refractivity contribution in [1.29, 1.82) is 0 Å². The van der Waals surface area contributed by atoms with E-state index in [9.17, 15) is 14.9 Å². The Morgan fingerprint density at radius 3 is 2.94 bits per heavy atom. The summed E-state index contributed by atoms with van der Waals surface area (Å²) in [6, 6.07) is 1.96. The molecule has 1 amide bonds. The third kappa shape index (κ3) is 4.08. The van der Waals surface area contributed by atoms with Crippen molar-refractivity contribution in [2.75, 3.05) is 6.54 Å². The molecular formula is C11H15N3O3S. The van der Waals surface area contributed by atoms with Gasteiger partial charge in [0.1, 0.15) is 0 Å². The maximum Gasteiger partial charge on any atom is 0.324 e. The predicted molar refractivity (Wildman–Crippen MR) is 68.5 cm³/mol. The smallest absolute Gasteiger partial charge is 0.324 e. The Bertz CT molecular complexity index is 442. The molecule has 98 valence electrons. The first kappa shape index (κ1) is 13.0. The Kier molecular flexibility index (Phi) is 4.27. The average molecular weight is 269 g/mol. The fourth-order valence-corrected chi connectivity index (χ4v) is 2.24. The van der Waals surface area contributed by atoms with Crippen LogP contribution in [0.25, 0.3) is 0 Å². The van der Waals surface area contributed by atoms with Gasteiger partial charge < -0.3 is 10.6 Å². The normalized spacial score (nSPS) is 14.4. The van der Waals surface area contributed by atoms with E-state index in [1.165, 1.54) is 0 Å². The molecule has 1 aliphatic rings. The summed E-state index contributed by atoms with van der Waals surface area (Å²) in [5.41, 5.74) is 0.884. The van der Waals surface area contributed by atoms with Crippen LogP contribution in [0.15, 0.2) is 11.4 Å². The second-order valence-corrected chi connectivity index (χ2v) is 5.21. The number of hydrogen-bond acceptors (Lipinski definition) is 5. The average Bonchev–Trinajstić information content (AvgIpc) is 2.99. The van der Waals surface area contributed by atoms with E-state index in [0.717, 1.165) is 29.7 Å². The lowest BCUT2D eigenvalue weighted by Gasteiger charge is -2.04. The molecule has 7 heteroatoms. The Labute approximate surface area is 109 Å². The minimum absolute atomic E-state index is 0.0706. The molecule has 1 heterocycles. The van der Waals surface area contributed by atoms with Crippen LogP contribution in [0.4, 0.5) is 5.00 Å². The second-order valence-electron chi connectivity index (χ2n) is 4.32. The predicted octanol–water partition coefficient (Wildman–Crippen LogP) is 1.41. The van der Waals surface area contributed by atoms with E-state index >= 15 is 0 Å². The first-order chi connectivity index (χ1) is 8.65. The Hall–Kier alpha value is -1.47. The molecule has 0 aromatic carbocycles. The minimum Gasteiger partial charge on any atom is -0.353 e. The van der Waals surface area contributed by atoms with Crippen LogP contribution in [0.2, 0.25) is 0 Å². The van der Waals surface area contributed by atoms with Gasteiger partial charge in [-0.25, -0.2) is 0 Å². The van der Waals surface area contributed by atoms with Crippen LogP contribution in [0.1, 0.15) is 24.8 Å². The number of rotatable bonds is 7. The molecule has 2 rings (SSSR count). The van der Waals surface area contributed by atoms with Gasteiger partial charge >= 0.3 is 5.00 Å². The topological polar surface area (TPSA) is 84.3 Å². The quantitative estimate of drug-likeness (QED) is 0.445. The molecule has 0 unspecified atom stereocenters.